The highest BCUT2D eigenvalue weighted by Gasteiger charge is 2.23. The number of carbonyl (C=O) groups is 2. The van der Waals surface area contributed by atoms with E-state index in [1.54, 1.807) is 17.9 Å². The molecule has 0 aromatic rings. The lowest BCUT2D eigenvalue weighted by Gasteiger charge is -2.31. The van der Waals surface area contributed by atoms with Crippen molar-refractivity contribution in [1.82, 2.24) is 15.5 Å². The molecular formula is C14H26IN5O3. The molecule has 1 fully saturated rings. The number of nitrogens with one attached hydrogen (secondary N) is 2. The SMILES string of the molecule is C=CCNC(=O)CN=C(N)NC1CCN(C(=O)OCC)CC1.I. The van der Waals surface area contributed by atoms with Gasteiger partial charge in [-0.05, 0) is 19.8 Å². The number of rotatable bonds is 6. The average Bonchev–Trinajstić information content (AvgIpc) is 2.52. The van der Waals surface area contributed by atoms with E-state index in [1.165, 1.54) is 0 Å². The van der Waals surface area contributed by atoms with Gasteiger partial charge in [0.1, 0.15) is 6.54 Å². The van der Waals surface area contributed by atoms with Gasteiger partial charge in [0, 0.05) is 25.7 Å². The Morgan fingerprint density at radius 2 is 2.09 bits per heavy atom. The van der Waals surface area contributed by atoms with Crippen LogP contribution < -0.4 is 16.4 Å². The van der Waals surface area contributed by atoms with E-state index in [9.17, 15) is 9.59 Å². The lowest BCUT2D eigenvalue weighted by molar-refractivity contribution is -0.119. The van der Waals surface area contributed by atoms with E-state index in [2.05, 4.69) is 22.2 Å². The molecule has 0 aromatic carbocycles. The van der Waals surface area contributed by atoms with Crippen molar-refractivity contribution in [3.05, 3.63) is 12.7 Å². The molecule has 1 rings (SSSR count). The fraction of sp³-hybridized carbons (Fsp3) is 0.643. The van der Waals surface area contributed by atoms with Gasteiger partial charge >= 0.3 is 6.09 Å². The monoisotopic (exact) mass is 439 g/mol. The largest absolute Gasteiger partial charge is 0.450 e. The summed E-state index contributed by atoms with van der Waals surface area (Å²) >= 11 is 0. The first kappa shape index (κ1) is 21.5. The highest BCUT2D eigenvalue weighted by Crippen LogP contribution is 2.11. The van der Waals surface area contributed by atoms with E-state index in [0.29, 0.717) is 26.2 Å². The summed E-state index contributed by atoms with van der Waals surface area (Å²) in [7, 11) is 0. The van der Waals surface area contributed by atoms with Crippen molar-refractivity contribution in [2.75, 3.05) is 32.8 Å². The number of piperidine rings is 1. The van der Waals surface area contributed by atoms with Crippen molar-refractivity contribution in [2.24, 2.45) is 10.7 Å². The molecule has 0 aromatic heterocycles. The average molecular weight is 439 g/mol. The molecule has 23 heavy (non-hydrogen) atoms. The van der Waals surface area contributed by atoms with Gasteiger partial charge in [0.2, 0.25) is 5.91 Å². The first-order valence-electron chi connectivity index (χ1n) is 7.42. The van der Waals surface area contributed by atoms with Crippen LogP contribution in [0.15, 0.2) is 17.6 Å². The standard InChI is InChI=1S/C14H25N5O3.HI/c1-3-7-16-12(20)10-17-13(15)18-11-5-8-19(9-6-11)14(21)22-4-2;/h3,11H,1,4-10H2,2H3,(H,16,20)(H3,15,17,18);1H. The molecule has 1 saturated heterocycles. The number of halogens is 1. The Morgan fingerprint density at radius 1 is 1.43 bits per heavy atom. The Morgan fingerprint density at radius 3 is 2.65 bits per heavy atom. The van der Waals surface area contributed by atoms with E-state index >= 15 is 0 Å². The Hall–Kier alpha value is -1.52. The van der Waals surface area contributed by atoms with Gasteiger partial charge in [-0.25, -0.2) is 9.79 Å². The first-order valence-corrected chi connectivity index (χ1v) is 7.42. The van der Waals surface area contributed by atoms with Crippen molar-refractivity contribution in [1.29, 1.82) is 0 Å². The maximum Gasteiger partial charge on any atom is 0.409 e. The van der Waals surface area contributed by atoms with E-state index in [0.717, 1.165) is 12.8 Å². The summed E-state index contributed by atoms with van der Waals surface area (Å²) in [5.74, 6) is 0.0325. The molecule has 0 saturated carbocycles. The number of nitrogens with two attached hydrogens (primary N) is 1. The van der Waals surface area contributed by atoms with Crippen LogP contribution in [0.3, 0.4) is 0 Å². The van der Waals surface area contributed by atoms with Gasteiger partial charge in [-0.1, -0.05) is 6.08 Å². The van der Waals surface area contributed by atoms with Crippen molar-refractivity contribution in [3.63, 3.8) is 0 Å². The fourth-order valence-electron chi connectivity index (χ4n) is 2.07. The predicted octanol–water partition coefficient (Wildman–Crippen LogP) is 0.432. The quantitative estimate of drug-likeness (QED) is 0.241. The Kier molecular flexibility index (Phi) is 11.2. The van der Waals surface area contributed by atoms with Crippen LogP contribution >= 0.6 is 24.0 Å². The Balaban J connectivity index is 0.00000484. The summed E-state index contributed by atoms with van der Waals surface area (Å²) in [5, 5.41) is 5.69. The molecule has 0 bridgehead atoms. The van der Waals surface area contributed by atoms with Crippen LogP contribution in [0.25, 0.3) is 0 Å². The molecule has 1 heterocycles. The van der Waals surface area contributed by atoms with E-state index in [1.807, 2.05) is 0 Å². The van der Waals surface area contributed by atoms with Crippen LogP contribution in [0.4, 0.5) is 4.79 Å². The second-order valence-corrected chi connectivity index (χ2v) is 4.90. The molecular weight excluding hydrogens is 413 g/mol. The molecule has 0 unspecified atom stereocenters. The van der Waals surface area contributed by atoms with E-state index in [-0.39, 0.29) is 54.5 Å². The van der Waals surface area contributed by atoms with Crippen LogP contribution in [-0.2, 0) is 9.53 Å². The minimum Gasteiger partial charge on any atom is -0.450 e. The van der Waals surface area contributed by atoms with Crippen molar-refractivity contribution in [2.45, 2.75) is 25.8 Å². The number of amides is 2. The van der Waals surface area contributed by atoms with Crippen LogP contribution in [0.2, 0.25) is 0 Å². The summed E-state index contributed by atoms with van der Waals surface area (Å²) in [5.41, 5.74) is 5.76. The zero-order valence-corrected chi connectivity index (χ0v) is 15.7. The maximum atomic E-state index is 11.6. The normalized spacial score (nSPS) is 15.3. The third-order valence-electron chi connectivity index (χ3n) is 3.21. The molecule has 4 N–H and O–H groups in total. The third-order valence-corrected chi connectivity index (χ3v) is 3.21. The Labute approximate surface area is 153 Å². The van der Waals surface area contributed by atoms with Crippen molar-refractivity contribution < 1.29 is 14.3 Å². The highest BCUT2D eigenvalue weighted by molar-refractivity contribution is 14.0. The summed E-state index contributed by atoms with van der Waals surface area (Å²) in [4.78, 5) is 28.6. The number of guanidine groups is 1. The van der Waals surface area contributed by atoms with Crippen molar-refractivity contribution >= 4 is 41.9 Å². The second-order valence-electron chi connectivity index (χ2n) is 4.90. The molecule has 132 valence electrons. The molecule has 1 aliphatic rings. The van der Waals surface area contributed by atoms with Crippen LogP contribution in [0.5, 0.6) is 0 Å². The smallest absolute Gasteiger partial charge is 0.409 e. The number of carbonyl (C=O) groups excluding carboxylic acids is 2. The number of aliphatic imine (C=N–C) groups is 1. The van der Waals surface area contributed by atoms with Gasteiger partial charge in [-0.15, -0.1) is 30.6 Å². The number of likely N-dealkylation sites (tertiary alicyclic amines) is 1. The van der Waals surface area contributed by atoms with Gasteiger partial charge < -0.3 is 26.0 Å². The van der Waals surface area contributed by atoms with E-state index in [4.69, 9.17) is 10.5 Å². The van der Waals surface area contributed by atoms with Gasteiger partial charge in [0.25, 0.3) is 0 Å². The second kappa shape index (κ2) is 12.0. The summed E-state index contributed by atoms with van der Waals surface area (Å²) < 4.78 is 4.96. The van der Waals surface area contributed by atoms with Crippen molar-refractivity contribution in [3.8, 4) is 0 Å². The highest BCUT2D eigenvalue weighted by atomic mass is 127. The minimum absolute atomic E-state index is 0. The lowest BCUT2D eigenvalue weighted by atomic mass is 10.1. The molecule has 2 amide bonds. The predicted molar refractivity (Wildman–Crippen MR) is 99.9 cm³/mol. The molecule has 9 heteroatoms. The topological polar surface area (TPSA) is 109 Å². The van der Waals surface area contributed by atoms with E-state index < -0.39 is 0 Å². The summed E-state index contributed by atoms with van der Waals surface area (Å²) in [6.07, 6.45) is 2.84. The summed E-state index contributed by atoms with van der Waals surface area (Å²) in [6, 6.07) is 0.144. The van der Waals surface area contributed by atoms with Gasteiger partial charge in [0.15, 0.2) is 5.96 Å². The fourth-order valence-corrected chi connectivity index (χ4v) is 2.07. The Bertz CT molecular complexity index is 423. The minimum atomic E-state index is -0.276. The van der Waals surface area contributed by atoms with Crippen LogP contribution in [-0.4, -0.2) is 61.7 Å². The lowest BCUT2D eigenvalue weighted by Crippen LogP contribution is -2.48. The molecule has 0 spiro atoms. The molecule has 0 radical (unpaired) electrons. The van der Waals surface area contributed by atoms with Gasteiger partial charge in [0.05, 0.1) is 6.61 Å². The number of nitrogens with zero attached hydrogens (tertiary/aromatic N) is 2. The molecule has 0 aliphatic carbocycles. The molecule has 8 nitrogen and oxygen atoms in total. The number of ether oxygens (including phenoxy) is 1. The zero-order chi connectivity index (χ0) is 16.4. The number of hydrogen-bond donors (Lipinski definition) is 3. The van der Waals surface area contributed by atoms with Crippen LogP contribution in [0.1, 0.15) is 19.8 Å². The van der Waals surface area contributed by atoms with Crippen LogP contribution in [0, 0.1) is 0 Å². The molecule has 1 aliphatic heterocycles. The zero-order valence-electron chi connectivity index (χ0n) is 13.4. The third kappa shape index (κ3) is 8.62. The summed E-state index contributed by atoms with van der Waals surface area (Å²) in [6.45, 7) is 7.30. The molecule has 0 atom stereocenters. The number of hydrogen-bond acceptors (Lipinski definition) is 4. The van der Waals surface area contributed by atoms with Gasteiger partial charge in [-0.3, -0.25) is 4.79 Å². The maximum absolute atomic E-state index is 11.6. The van der Waals surface area contributed by atoms with Gasteiger partial charge in [-0.2, -0.15) is 0 Å². The first-order chi connectivity index (χ1) is 10.6.